The lowest BCUT2D eigenvalue weighted by atomic mass is 9.99. The second-order valence-electron chi connectivity index (χ2n) is 6.27. The topological polar surface area (TPSA) is 61.8 Å². The number of aliphatic hydroxyl groups is 1. The molecule has 120 valence electrons. The molecule has 0 radical (unpaired) electrons. The lowest BCUT2D eigenvalue weighted by molar-refractivity contribution is -0.129. The zero-order valence-corrected chi connectivity index (χ0v) is 13.2. The van der Waals surface area contributed by atoms with Gasteiger partial charge in [0.1, 0.15) is 11.9 Å². The third kappa shape index (κ3) is 3.10. The average Bonchev–Trinajstić information content (AvgIpc) is 3.28. The van der Waals surface area contributed by atoms with Crippen LogP contribution in [0.3, 0.4) is 0 Å². The summed E-state index contributed by atoms with van der Waals surface area (Å²) in [5.41, 5.74) is 1.17. The van der Waals surface area contributed by atoms with E-state index in [1.165, 1.54) is 25.3 Å². The highest BCUT2D eigenvalue weighted by molar-refractivity contribution is 5.80. The highest BCUT2D eigenvalue weighted by Crippen LogP contribution is 2.41. The van der Waals surface area contributed by atoms with Crippen molar-refractivity contribution in [1.29, 1.82) is 0 Å². The molecule has 2 aliphatic rings. The predicted octanol–water partition coefficient (Wildman–Crippen LogP) is 1.47. The van der Waals surface area contributed by atoms with Crippen LogP contribution in [0.1, 0.15) is 37.8 Å². The summed E-state index contributed by atoms with van der Waals surface area (Å²) in [7, 11) is 1.67. The highest BCUT2D eigenvalue weighted by Gasteiger charge is 2.43. The Labute approximate surface area is 131 Å². The molecule has 5 heteroatoms. The van der Waals surface area contributed by atoms with E-state index in [4.69, 9.17) is 4.74 Å². The first-order valence-electron chi connectivity index (χ1n) is 7.98. The number of nitrogens with zero attached hydrogens (tertiary/aromatic N) is 1. The third-order valence-electron chi connectivity index (χ3n) is 4.60. The Morgan fingerprint density at radius 3 is 2.82 bits per heavy atom. The van der Waals surface area contributed by atoms with Crippen molar-refractivity contribution in [1.82, 2.24) is 10.2 Å². The van der Waals surface area contributed by atoms with Gasteiger partial charge in [-0.3, -0.25) is 9.69 Å². The molecule has 1 aliphatic heterocycles. The van der Waals surface area contributed by atoms with Crippen molar-refractivity contribution in [2.75, 3.05) is 13.7 Å². The van der Waals surface area contributed by atoms with Crippen LogP contribution in [0.5, 0.6) is 5.75 Å². The summed E-state index contributed by atoms with van der Waals surface area (Å²) in [6, 6.07) is 8.89. The SMILES string of the molecule is COc1cccc([C@@H]2[C@H](NC(=O)[C@@H](C)O)CCN2C2CC2)c1. The van der Waals surface area contributed by atoms with Crippen LogP contribution in [0.4, 0.5) is 0 Å². The van der Waals surface area contributed by atoms with Gasteiger partial charge in [0.2, 0.25) is 5.91 Å². The van der Waals surface area contributed by atoms with Crippen LogP contribution in [0.2, 0.25) is 0 Å². The van der Waals surface area contributed by atoms with Crippen LogP contribution < -0.4 is 10.1 Å². The fourth-order valence-corrected chi connectivity index (χ4v) is 3.34. The summed E-state index contributed by atoms with van der Waals surface area (Å²) < 4.78 is 5.33. The van der Waals surface area contributed by atoms with E-state index in [0.29, 0.717) is 6.04 Å². The van der Waals surface area contributed by atoms with Gasteiger partial charge in [0, 0.05) is 18.6 Å². The minimum absolute atomic E-state index is 0.0369. The summed E-state index contributed by atoms with van der Waals surface area (Å²) in [6.07, 6.45) is 2.41. The van der Waals surface area contributed by atoms with Gasteiger partial charge >= 0.3 is 0 Å². The molecular weight excluding hydrogens is 280 g/mol. The first kappa shape index (κ1) is 15.3. The van der Waals surface area contributed by atoms with Gasteiger partial charge in [0.15, 0.2) is 0 Å². The number of hydrogen-bond donors (Lipinski definition) is 2. The van der Waals surface area contributed by atoms with Gasteiger partial charge in [0.25, 0.3) is 0 Å². The van der Waals surface area contributed by atoms with Crippen molar-refractivity contribution >= 4 is 5.91 Å². The fraction of sp³-hybridized carbons (Fsp3) is 0.588. The van der Waals surface area contributed by atoms with E-state index in [2.05, 4.69) is 16.3 Å². The Hall–Kier alpha value is -1.59. The second-order valence-corrected chi connectivity index (χ2v) is 6.27. The van der Waals surface area contributed by atoms with Gasteiger partial charge in [-0.15, -0.1) is 0 Å². The van der Waals surface area contributed by atoms with Gasteiger partial charge in [-0.1, -0.05) is 12.1 Å². The van der Waals surface area contributed by atoms with Crippen molar-refractivity contribution in [3.8, 4) is 5.75 Å². The van der Waals surface area contributed by atoms with Gasteiger partial charge in [-0.2, -0.15) is 0 Å². The second kappa shape index (κ2) is 6.26. The monoisotopic (exact) mass is 304 g/mol. The largest absolute Gasteiger partial charge is 0.497 e. The number of likely N-dealkylation sites (tertiary alicyclic amines) is 1. The fourth-order valence-electron chi connectivity index (χ4n) is 3.34. The molecule has 0 spiro atoms. The number of carbonyl (C=O) groups excluding carboxylic acids is 1. The molecule has 1 amide bonds. The van der Waals surface area contributed by atoms with Crippen LogP contribution in [-0.2, 0) is 4.79 Å². The Morgan fingerprint density at radius 1 is 1.41 bits per heavy atom. The lowest BCUT2D eigenvalue weighted by Gasteiger charge is -2.29. The molecule has 1 saturated heterocycles. The molecule has 2 fully saturated rings. The molecule has 1 saturated carbocycles. The standard InChI is InChI=1S/C17H24N2O3/c1-11(20)17(21)18-15-8-9-19(13-6-7-13)16(15)12-4-3-5-14(10-12)22-2/h3-5,10-11,13,15-16,20H,6-9H2,1-2H3,(H,18,21)/t11-,15-,16-/m1/s1. The number of rotatable bonds is 5. The summed E-state index contributed by atoms with van der Waals surface area (Å²) in [6.45, 7) is 2.49. The average molecular weight is 304 g/mol. The van der Waals surface area contributed by atoms with Crippen LogP contribution in [-0.4, -0.2) is 47.8 Å². The van der Waals surface area contributed by atoms with E-state index in [-0.39, 0.29) is 18.0 Å². The molecule has 1 aromatic carbocycles. The Kier molecular flexibility index (Phi) is 4.36. The van der Waals surface area contributed by atoms with E-state index in [1.807, 2.05) is 18.2 Å². The Balaban J connectivity index is 1.84. The smallest absolute Gasteiger partial charge is 0.248 e. The first-order valence-corrected chi connectivity index (χ1v) is 7.98. The van der Waals surface area contributed by atoms with Crippen LogP contribution in [0.15, 0.2) is 24.3 Å². The zero-order chi connectivity index (χ0) is 15.7. The maximum Gasteiger partial charge on any atom is 0.248 e. The van der Waals surface area contributed by atoms with E-state index in [1.54, 1.807) is 7.11 Å². The van der Waals surface area contributed by atoms with E-state index in [0.717, 1.165) is 18.7 Å². The minimum atomic E-state index is -0.971. The number of hydrogen-bond acceptors (Lipinski definition) is 4. The predicted molar refractivity (Wildman–Crippen MR) is 83.7 cm³/mol. The van der Waals surface area contributed by atoms with Crippen molar-refractivity contribution in [2.24, 2.45) is 0 Å². The van der Waals surface area contributed by atoms with E-state index >= 15 is 0 Å². The molecule has 0 unspecified atom stereocenters. The molecule has 0 aromatic heterocycles. The maximum atomic E-state index is 11.9. The Bertz CT molecular complexity index is 542. The van der Waals surface area contributed by atoms with E-state index in [9.17, 15) is 9.90 Å². The molecule has 22 heavy (non-hydrogen) atoms. The highest BCUT2D eigenvalue weighted by atomic mass is 16.5. The minimum Gasteiger partial charge on any atom is -0.497 e. The maximum absolute atomic E-state index is 11.9. The number of carbonyl (C=O) groups is 1. The first-order chi connectivity index (χ1) is 10.6. The molecule has 3 atom stereocenters. The number of nitrogens with one attached hydrogen (secondary N) is 1. The molecule has 5 nitrogen and oxygen atoms in total. The van der Waals surface area contributed by atoms with E-state index < -0.39 is 6.10 Å². The number of ether oxygens (including phenoxy) is 1. The third-order valence-corrected chi connectivity index (χ3v) is 4.60. The summed E-state index contributed by atoms with van der Waals surface area (Å²) in [5, 5.41) is 12.5. The van der Waals surface area contributed by atoms with Crippen LogP contribution >= 0.6 is 0 Å². The van der Waals surface area contributed by atoms with Crippen molar-refractivity contribution in [2.45, 2.75) is 50.4 Å². The molecular formula is C17H24N2O3. The quantitative estimate of drug-likeness (QED) is 0.865. The number of benzene rings is 1. The molecule has 0 bridgehead atoms. The summed E-state index contributed by atoms with van der Waals surface area (Å²) >= 11 is 0. The van der Waals surface area contributed by atoms with Gasteiger partial charge in [-0.05, 0) is 43.9 Å². The molecule has 1 heterocycles. The van der Waals surface area contributed by atoms with Crippen LogP contribution in [0, 0.1) is 0 Å². The molecule has 3 rings (SSSR count). The van der Waals surface area contributed by atoms with Gasteiger partial charge in [-0.25, -0.2) is 0 Å². The number of amides is 1. The molecule has 1 aliphatic carbocycles. The van der Waals surface area contributed by atoms with Crippen molar-refractivity contribution in [3.63, 3.8) is 0 Å². The number of aliphatic hydroxyl groups excluding tert-OH is 1. The van der Waals surface area contributed by atoms with Crippen molar-refractivity contribution in [3.05, 3.63) is 29.8 Å². The van der Waals surface area contributed by atoms with Crippen LogP contribution in [0.25, 0.3) is 0 Å². The van der Waals surface area contributed by atoms with Gasteiger partial charge in [0.05, 0.1) is 13.2 Å². The van der Waals surface area contributed by atoms with Gasteiger partial charge < -0.3 is 15.2 Å². The summed E-state index contributed by atoms with van der Waals surface area (Å²) in [4.78, 5) is 14.4. The lowest BCUT2D eigenvalue weighted by Crippen LogP contribution is -2.43. The van der Waals surface area contributed by atoms with Crippen molar-refractivity contribution < 1.29 is 14.6 Å². The molecule has 2 N–H and O–H groups in total. The zero-order valence-electron chi connectivity index (χ0n) is 13.2. The summed E-state index contributed by atoms with van der Waals surface area (Å²) in [5.74, 6) is 0.538. The molecule has 1 aromatic rings. The number of methoxy groups -OCH3 is 1. The Morgan fingerprint density at radius 2 is 2.18 bits per heavy atom. The normalized spacial score (nSPS) is 26.7.